The highest BCUT2D eigenvalue weighted by molar-refractivity contribution is 5.95. The van der Waals surface area contributed by atoms with Crippen LogP contribution < -0.4 is 19.9 Å². The Bertz CT molecular complexity index is 755. The molecule has 6 heteroatoms. The van der Waals surface area contributed by atoms with Gasteiger partial charge in [-0.25, -0.2) is 4.98 Å². The molecular weight excluding hydrogens is 328 g/mol. The van der Waals surface area contributed by atoms with Gasteiger partial charge >= 0.3 is 0 Å². The SMILES string of the molecule is COc1ccccc1N1CCN(c2cc(C(=O)NC(C)C)ccn2)CC1. The molecule has 1 N–H and O–H groups in total. The Morgan fingerprint density at radius 3 is 2.50 bits per heavy atom. The summed E-state index contributed by atoms with van der Waals surface area (Å²) in [5, 5.41) is 2.92. The van der Waals surface area contributed by atoms with Crippen molar-refractivity contribution in [2.75, 3.05) is 43.1 Å². The number of hydrogen-bond acceptors (Lipinski definition) is 5. The van der Waals surface area contributed by atoms with E-state index in [0.29, 0.717) is 5.56 Å². The van der Waals surface area contributed by atoms with E-state index in [-0.39, 0.29) is 11.9 Å². The van der Waals surface area contributed by atoms with Gasteiger partial charge in [0.25, 0.3) is 5.91 Å². The van der Waals surface area contributed by atoms with Crippen LogP contribution >= 0.6 is 0 Å². The lowest BCUT2D eigenvalue weighted by molar-refractivity contribution is 0.0943. The molecule has 0 unspecified atom stereocenters. The minimum Gasteiger partial charge on any atom is -0.495 e. The predicted molar refractivity (Wildman–Crippen MR) is 104 cm³/mol. The summed E-state index contributed by atoms with van der Waals surface area (Å²) >= 11 is 0. The summed E-state index contributed by atoms with van der Waals surface area (Å²) in [6, 6.07) is 11.8. The molecule has 0 radical (unpaired) electrons. The summed E-state index contributed by atoms with van der Waals surface area (Å²) in [5.74, 6) is 1.68. The molecule has 1 aliphatic heterocycles. The minimum atomic E-state index is -0.0590. The van der Waals surface area contributed by atoms with E-state index in [1.165, 1.54) is 0 Å². The zero-order chi connectivity index (χ0) is 18.5. The number of rotatable bonds is 5. The van der Waals surface area contributed by atoms with Gasteiger partial charge in [0, 0.05) is 44.0 Å². The maximum Gasteiger partial charge on any atom is 0.251 e. The fourth-order valence-corrected chi connectivity index (χ4v) is 3.15. The van der Waals surface area contributed by atoms with Crippen molar-refractivity contribution in [3.63, 3.8) is 0 Å². The van der Waals surface area contributed by atoms with E-state index >= 15 is 0 Å². The average molecular weight is 354 g/mol. The van der Waals surface area contributed by atoms with Crippen molar-refractivity contribution in [3.8, 4) is 5.75 Å². The van der Waals surface area contributed by atoms with Gasteiger partial charge in [0.05, 0.1) is 12.8 Å². The standard InChI is InChI=1S/C20H26N4O2/c1-15(2)22-20(25)16-8-9-21-19(14-16)24-12-10-23(11-13-24)17-6-4-5-7-18(17)26-3/h4-9,14-15H,10-13H2,1-3H3,(H,22,25). The molecule has 0 saturated carbocycles. The van der Waals surface area contributed by atoms with E-state index in [1.807, 2.05) is 38.1 Å². The first-order valence-corrected chi connectivity index (χ1v) is 8.98. The van der Waals surface area contributed by atoms with Crippen LogP contribution in [-0.2, 0) is 0 Å². The van der Waals surface area contributed by atoms with Crippen LogP contribution in [-0.4, -0.2) is 50.2 Å². The summed E-state index contributed by atoms with van der Waals surface area (Å²) in [4.78, 5) is 21.2. The molecule has 0 aliphatic carbocycles. The highest BCUT2D eigenvalue weighted by atomic mass is 16.5. The van der Waals surface area contributed by atoms with Crippen LogP contribution in [0.3, 0.4) is 0 Å². The van der Waals surface area contributed by atoms with Crippen molar-refractivity contribution in [2.45, 2.75) is 19.9 Å². The first-order chi connectivity index (χ1) is 12.6. The fourth-order valence-electron chi connectivity index (χ4n) is 3.15. The summed E-state index contributed by atoms with van der Waals surface area (Å²) in [5.41, 5.74) is 1.77. The number of nitrogens with one attached hydrogen (secondary N) is 1. The largest absolute Gasteiger partial charge is 0.495 e. The molecule has 26 heavy (non-hydrogen) atoms. The van der Waals surface area contributed by atoms with Crippen molar-refractivity contribution in [1.82, 2.24) is 10.3 Å². The molecule has 3 rings (SSSR count). The molecule has 1 aliphatic rings. The molecule has 6 nitrogen and oxygen atoms in total. The number of benzene rings is 1. The summed E-state index contributed by atoms with van der Waals surface area (Å²) < 4.78 is 5.47. The number of amides is 1. The zero-order valence-corrected chi connectivity index (χ0v) is 15.6. The number of hydrogen-bond donors (Lipinski definition) is 1. The smallest absolute Gasteiger partial charge is 0.251 e. The second-order valence-corrected chi connectivity index (χ2v) is 6.68. The molecule has 2 aromatic rings. The molecule has 138 valence electrons. The highest BCUT2D eigenvalue weighted by Crippen LogP contribution is 2.29. The number of ether oxygens (including phenoxy) is 1. The highest BCUT2D eigenvalue weighted by Gasteiger charge is 2.21. The van der Waals surface area contributed by atoms with Crippen LogP contribution in [0.5, 0.6) is 5.75 Å². The molecule has 1 amide bonds. The second-order valence-electron chi connectivity index (χ2n) is 6.68. The third-order valence-electron chi connectivity index (χ3n) is 4.46. The van der Waals surface area contributed by atoms with Crippen LogP contribution in [0.2, 0.25) is 0 Å². The van der Waals surface area contributed by atoms with Crippen molar-refractivity contribution < 1.29 is 9.53 Å². The zero-order valence-electron chi connectivity index (χ0n) is 15.6. The maximum absolute atomic E-state index is 12.2. The Morgan fingerprint density at radius 2 is 1.81 bits per heavy atom. The summed E-state index contributed by atoms with van der Waals surface area (Å²) in [7, 11) is 1.70. The topological polar surface area (TPSA) is 57.7 Å². The first kappa shape index (κ1) is 18.0. The van der Waals surface area contributed by atoms with Crippen LogP contribution in [0.15, 0.2) is 42.6 Å². The van der Waals surface area contributed by atoms with E-state index in [2.05, 4.69) is 26.2 Å². The third-order valence-corrected chi connectivity index (χ3v) is 4.46. The average Bonchev–Trinajstić information content (AvgIpc) is 2.67. The van der Waals surface area contributed by atoms with E-state index < -0.39 is 0 Å². The quantitative estimate of drug-likeness (QED) is 0.894. The van der Waals surface area contributed by atoms with Gasteiger partial charge in [-0.05, 0) is 38.1 Å². The number of aromatic nitrogens is 1. The van der Waals surface area contributed by atoms with Crippen molar-refractivity contribution >= 4 is 17.4 Å². The van der Waals surface area contributed by atoms with Crippen molar-refractivity contribution in [2.24, 2.45) is 0 Å². The normalized spacial score (nSPS) is 14.5. The van der Waals surface area contributed by atoms with E-state index in [9.17, 15) is 4.79 Å². The molecule has 1 fully saturated rings. The Hall–Kier alpha value is -2.76. The van der Waals surface area contributed by atoms with Crippen molar-refractivity contribution in [1.29, 1.82) is 0 Å². The van der Waals surface area contributed by atoms with Gasteiger partial charge < -0.3 is 19.9 Å². The Balaban J connectivity index is 1.67. The van der Waals surface area contributed by atoms with Crippen molar-refractivity contribution in [3.05, 3.63) is 48.2 Å². The first-order valence-electron chi connectivity index (χ1n) is 8.98. The third kappa shape index (κ3) is 4.07. The lowest BCUT2D eigenvalue weighted by atomic mass is 10.2. The molecule has 0 atom stereocenters. The number of methoxy groups -OCH3 is 1. The van der Waals surface area contributed by atoms with E-state index in [0.717, 1.165) is 43.4 Å². The van der Waals surface area contributed by atoms with E-state index in [1.54, 1.807) is 19.4 Å². The number of nitrogens with zero attached hydrogens (tertiary/aromatic N) is 3. The number of anilines is 2. The molecule has 2 heterocycles. The minimum absolute atomic E-state index is 0.0590. The Morgan fingerprint density at radius 1 is 1.12 bits per heavy atom. The van der Waals surface area contributed by atoms with Crippen LogP contribution in [0.25, 0.3) is 0 Å². The van der Waals surface area contributed by atoms with Gasteiger partial charge in [-0.3, -0.25) is 4.79 Å². The molecule has 1 aromatic carbocycles. The summed E-state index contributed by atoms with van der Waals surface area (Å²) in [6.45, 7) is 7.36. The number of piperazine rings is 1. The molecular formula is C20H26N4O2. The Labute approximate surface area is 154 Å². The second kappa shape index (κ2) is 8.08. The van der Waals surface area contributed by atoms with Crippen LogP contribution in [0, 0.1) is 0 Å². The van der Waals surface area contributed by atoms with Gasteiger partial charge in [-0.2, -0.15) is 0 Å². The number of pyridine rings is 1. The van der Waals surface area contributed by atoms with Crippen LogP contribution in [0.1, 0.15) is 24.2 Å². The van der Waals surface area contributed by atoms with Gasteiger partial charge in [0.15, 0.2) is 0 Å². The van der Waals surface area contributed by atoms with Gasteiger partial charge in [-0.1, -0.05) is 12.1 Å². The fraction of sp³-hybridized carbons (Fsp3) is 0.400. The molecule has 0 spiro atoms. The van der Waals surface area contributed by atoms with Gasteiger partial charge in [-0.15, -0.1) is 0 Å². The molecule has 0 bridgehead atoms. The predicted octanol–water partition coefficient (Wildman–Crippen LogP) is 2.56. The lowest BCUT2D eigenvalue weighted by Crippen LogP contribution is -2.47. The van der Waals surface area contributed by atoms with Gasteiger partial charge in [0.2, 0.25) is 0 Å². The monoisotopic (exact) mass is 354 g/mol. The van der Waals surface area contributed by atoms with Crippen LogP contribution in [0.4, 0.5) is 11.5 Å². The molecule has 1 aromatic heterocycles. The number of carbonyl (C=O) groups excluding carboxylic acids is 1. The number of carbonyl (C=O) groups is 1. The lowest BCUT2D eigenvalue weighted by Gasteiger charge is -2.37. The maximum atomic E-state index is 12.2. The molecule has 1 saturated heterocycles. The number of para-hydroxylation sites is 2. The Kier molecular flexibility index (Phi) is 5.61. The van der Waals surface area contributed by atoms with E-state index in [4.69, 9.17) is 4.74 Å². The van der Waals surface area contributed by atoms with Gasteiger partial charge in [0.1, 0.15) is 11.6 Å². The summed E-state index contributed by atoms with van der Waals surface area (Å²) in [6.07, 6.45) is 1.71.